The molecule has 0 radical (unpaired) electrons. The average Bonchev–Trinajstić information content (AvgIpc) is 2.86. The van der Waals surface area contributed by atoms with E-state index in [1.165, 1.54) is 11.3 Å². The molecule has 2 aromatic heterocycles. The predicted molar refractivity (Wildman–Crippen MR) is 61.9 cm³/mol. The van der Waals surface area contributed by atoms with E-state index in [0.29, 0.717) is 26.0 Å². The fourth-order valence-electron chi connectivity index (χ4n) is 1.30. The number of amides is 1. The molecule has 2 aromatic rings. The van der Waals surface area contributed by atoms with E-state index in [4.69, 9.17) is 4.74 Å². The van der Waals surface area contributed by atoms with Gasteiger partial charge in [0.2, 0.25) is 10.9 Å². The minimum Gasteiger partial charge on any atom is -0.383 e. The minimum atomic E-state index is 0.00742. The Kier molecular flexibility index (Phi) is 3.99. The summed E-state index contributed by atoms with van der Waals surface area (Å²) < 4.78 is 6.45. The second-order valence-corrected chi connectivity index (χ2v) is 4.44. The summed E-state index contributed by atoms with van der Waals surface area (Å²) in [6, 6.07) is 0. The Morgan fingerprint density at radius 1 is 1.65 bits per heavy atom. The van der Waals surface area contributed by atoms with Gasteiger partial charge in [0.05, 0.1) is 6.61 Å². The van der Waals surface area contributed by atoms with E-state index in [1.54, 1.807) is 18.0 Å². The van der Waals surface area contributed by atoms with Crippen molar-refractivity contribution < 1.29 is 9.53 Å². The zero-order chi connectivity index (χ0) is 12.1. The Bertz CT molecular complexity index is 466. The van der Waals surface area contributed by atoms with E-state index in [1.807, 2.05) is 0 Å². The third-order valence-electron chi connectivity index (χ3n) is 2.12. The van der Waals surface area contributed by atoms with Crippen molar-refractivity contribution in [2.75, 3.05) is 20.3 Å². The SMILES string of the molecule is COCCNC(=O)CCc1nn2cnnc2s1. The van der Waals surface area contributed by atoms with Crippen molar-refractivity contribution in [2.24, 2.45) is 0 Å². The van der Waals surface area contributed by atoms with E-state index in [9.17, 15) is 4.79 Å². The van der Waals surface area contributed by atoms with Crippen LogP contribution in [0.15, 0.2) is 6.33 Å². The van der Waals surface area contributed by atoms with Gasteiger partial charge in [-0.1, -0.05) is 11.3 Å². The number of hydrogen-bond acceptors (Lipinski definition) is 6. The highest BCUT2D eigenvalue weighted by atomic mass is 32.1. The first-order valence-corrected chi connectivity index (χ1v) is 6.02. The third kappa shape index (κ3) is 3.21. The molecule has 0 saturated heterocycles. The topological polar surface area (TPSA) is 81.4 Å². The molecule has 0 spiro atoms. The van der Waals surface area contributed by atoms with E-state index in [2.05, 4.69) is 20.6 Å². The summed E-state index contributed by atoms with van der Waals surface area (Å²) in [7, 11) is 1.60. The smallest absolute Gasteiger partial charge is 0.234 e. The number of aromatic nitrogens is 4. The molecule has 1 N–H and O–H groups in total. The van der Waals surface area contributed by atoms with Gasteiger partial charge >= 0.3 is 0 Å². The number of fused-ring (bicyclic) bond motifs is 1. The number of carbonyl (C=O) groups excluding carboxylic acids is 1. The Morgan fingerprint density at radius 3 is 3.29 bits per heavy atom. The summed E-state index contributed by atoms with van der Waals surface area (Å²) in [5.74, 6) is 0.00742. The van der Waals surface area contributed by atoms with Gasteiger partial charge < -0.3 is 10.1 Å². The predicted octanol–water partition coefficient (Wildman–Crippen LogP) is -0.119. The fraction of sp³-hybridized carbons (Fsp3) is 0.556. The molecule has 0 saturated carbocycles. The van der Waals surface area contributed by atoms with Crippen LogP contribution in [0.3, 0.4) is 0 Å². The fourth-order valence-corrected chi connectivity index (χ4v) is 2.12. The van der Waals surface area contributed by atoms with Crippen molar-refractivity contribution in [3.05, 3.63) is 11.3 Å². The third-order valence-corrected chi connectivity index (χ3v) is 3.10. The second kappa shape index (κ2) is 5.69. The molecule has 92 valence electrons. The maximum atomic E-state index is 11.4. The van der Waals surface area contributed by atoms with Crippen molar-refractivity contribution in [1.29, 1.82) is 0 Å². The van der Waals surface area contributed by atoms with Gasteiger partial charge in [-0.05, 0) is 0 Å². The van der Waals surface area contributed by atoms with Crippen LogP contribution in [0.5, 0.6) is 0 Å². The highest BCUT2D eigenvalue weighted by Gasteiger charge is 2.07. The molecular formula is C9H13N5O2S. The Labute approximate surface area is 102 Å². The van der Waals surface area contributed by atoms with Crippen LogP contribution in [0.25, 0.3) is 4.96 Å². The van der Waals surface area contributed by atoms with Crippen LogP contribution in [-0.2, 0) is 16.0 Å². The lowest BCUT2D eigenvalue weighted by atomic mass is 10.3. The summed E-state index contributed by atoms with van der Waals surface area (Å²) in [6.07, 6.45) is 2.59. The molecule has 0 aliphatic carbocycles. The summed E-state index contributed by atoms with van der Waals surface area (Å²) in [4.78, 5) is 12.2. The first-order valence-electron chi connectivity index (χ1n) is 5.21. The largest absolute Gasteiger partial charge is 0.383 e. The van der Waals surface area contributed by atoms with Crippen LogP contribution in [0.1, 0.15) is 11.4 Å². The first kappa shape index (κ1) is 11.9. The summed E-state index contributed by atoms with van der Waals surface area (Å²) in [5.41, 5.74) is 0. The number of nitrogens with zero attached hydrogens (tertiary/aromatic N) is 4. The molecule has 0 unspecified atom stereocenters. The Morgan fingerprint density at radius 2 is 2.53 bits per heavy atom. The second-order valence-electron chi connectivity index (χ2n) is 3.40. The van der Waals surface area contributed by atoms with Gasteiger partial charge in [0.15, 0.2) is 0 Å². The lowest BCUT2D eigenvalue weighted by Crippen LogP contribution is -2.27. The standard InChI is InChI=1S/C9H13N5O2S/c1-16-5-4-10-7(15)2-3-8-13-14-6-11-12-9(14)17-8/h6H,2-5H2,1H3,(H,10,15). The quantitative estimate of drug-likeness (QED) is 0.728. The normalized spacial score (nSPS) is 10.9. The van der Waals surface area contributed by atoms with Gasteiger partial charge in [-0.15, -0.1) is 10.2 Å². The lowest BCUT2D eigenvalue weighted by molar-refractivity contribution is -0.121. The number of hydrogen-bond donors (Lipinski definition) is 1. The molecule has 17 heavy (non-hydrogen) atoms. The highest BCUT2D eigenvalue weighted by molar-refractivity contribution is 7.16. The van der Waals surface area contributed by atoms with Crippen LogP contribution in [0.2, 0.25) is 0 Å². The molecular weight excluding hydrogens is 242 g/mol. The van der Waals surface area contributed by atoms with Gasteiger partial charge in [0.25, 0.3) is 0 Å². The monoisotopic (exact) mass is 255 g/mol. The summed E-state index contributed by atoms with van der Waals surface area (Å²) in [5, 5.41) is 15.5. The van der Waals surface area contributed by atoms with Crippen LogP contribution < -0.4 is 5.32 Å². The van der Waals surface area contributed by atoms with Crippen molar-refractivity contribution in [3.8, 4) is 0 Å². The van der Waals surface area contributed by atoms with Crippen LogP contribution in [-0.4, -0.2) is 46.0 Å². The van der Waals surface area contributed by atoms with Gasteiger partial charge in [-0.3, -0.25) is 4.79 Å². The van der Waals surface area contributed by atoms with E-state index in [0.717, 1.165) is 9.97 Å². The molecule has 0 aromatic carbocycles. The van der Waals surface area contributed by atoms with Crippen LogP contribution >= 0.6 is 11.3 Å². The summed E-state index contributed by atoms with van der Waals surface area (Å²) >= 11 is 1.45. The van der Waals surface area contributed by atoms with E-state index < -0.39 is 0 Å². The molecule has 0 bridgehead atoms. The molecule has 7 nitrogen and oxygen atoms in total. The van der Waals surface area contributed by atoms with Gasteiger partial charge in [-0.25, -0.2) is 0 Å². The average molecular weight is 255 g/mol. The van der Waals surface area contributed by atoms with Crippen LogP contribution in [0, 0.1) is 0 Å². The maximum absolute atomic E-state index is 11.4. The summed E-state index contributed by atoms with van der Waals surface area (Å²) in [6.45, 7) is 1.07. The highest BCUT2D eigenvalue weighted by Crippen LogP contribution is 2.12. The van der Waals surface area contributed by atoms with Crippen molar-refractivity contribution in [2.45, 2.75) is 12.8 Å². The number of carbonyl (C=O) groups is 1. The Hall–Kier alpha value is -1.54. The van der Waals surface area contributed by atoms with Gasteiger partial charge in [-0.2, -0.15) is 9.61 Å². The number of nitrogens with one attached hydrogen (secondary N) is 1. The molecule has 0 aliphatic heterocycles. The lowest BCUT2D eigenvalue weighted by Gasteiger charge is -2.02. The molecule has 0 atom stereocenters. The molecule has 1 amide bonds. The number of methoxy groups -OCH3 is 1. The first-order chi connectivity index (χ1) is 8.29. The molecule has 2 rings (SSSR count). The Balaban J connectivity index is 1.78. The van der Waals surface area contributed by atoms with Crippen molar-refractivity contribution >= 4 is 22.2 Å². The molecule has 0 fully saturated rings. The maximum Gasteiger partial charge on any atom is 0.234 e. The van der Waals surface area contributed by atoms with Gasteiger partial charge in [0, 0.05) is 26.5 Å². The molecule has 8 heteroatoms. The zero-order valence-electron chi connectivity index (χ0n) is 9.42. The zero-order valence-corrected chi connectivity index (χ0v) is 10.2. The van der Waals surface area contributed by atoms with Crippen molar-refractivity contribution in [3.63, 3.8) is 0 Å². The van der Waals surface area contributed by atoms with Gasteiger partial charge in [0.1, 0.15) is 11.3 Å². The number of ether oxygens (including phenoxy) is 1. The van der Waals surface area contributed by atoms with E-state index >= 15 is 0 Å². The minimum absolute atomic E-state index is 0.00742. The van der Waals surface area contributed by atoms with Crippen LogP contribution in [0.4, 0.5) is 0 Å². The number of rotatable bonds is 6. The van der Waals surface area contributed by atoms with Crippen molar-refractivity contribution in [1.82, 2.24) is 25.1 Å². The van der Waals surface area contributed by atoms with E-state index in [-0.39, 0.29) is 5.91 Å². The molecule has 2 heterocycles. The number of aryl methyl sites for hydroxylation is 1. The molecule has 0 aliphatic rings.